The molecule has 0 bridgehead atoms. The maximum absolute atomic E-state index is 12.8. The Bertz CT molecular complexity index is 1070. The average molecular weight is 930 g/mol. The molecule has 388 valence electrons. The standard InChI is InChI=1S/C60H112O6/c1-4-7-10-13-16-19-22-25-28-30-31-33-35-38-41-44-47-50-53-59(62)65-56-57(55-64-58(61)52-49-46-43-40-37-34-27-24-21-18-15-12-9-6-3)66-60(63)54-51-48-45-42-39-36-32-29-26-23-20-17-14-11-8-5-2/h28-30,32,57H,4-27,31,33-56H2,1-3H3/b30-28-,32-29-. The molecule has 0 fully saturated rings. The lowest BCUT2D eigenvalue weighted by molar-refractivity contribution is -0.167. The third-order valence-electron chi connectivity index (χ3n) is 13.2. The van der Waals surface area contributed by atoms with E-state index in [9.17, 15) is 14.4 Å². The Morgan fingerprint density at radius 1 is 0.288 bits per heavy atom. The molecule has 0 aromatic heterocycles. The second-order valence-corrected chi connectivity index (χ2v) is 19.9. The van der Waals surface area contributed by atoms with Crippen molar-refractivity contribution >= 4 is 17.9 Å². The largest absolute Gasteiger partial charge is 0.462 e. The third-order valence-corrected chi connectivity index (χ3v) is 13.2. The van der Waals surface area contributed by atoms with Gasteiger partial charge >= 0.3 is 17.9 Å². The highest BCUT2D eigenvalue weighted by molar-refractivity contribution is 5.71. The smallest absolute Gasteiger partial charge is 0.306 e. The van der Waals surface area contributed by atoms with Gasteiger partial charge in [-0.05, 0) is 70.6 Å². The maximum atomic E-state index is 12.8. The van der Waals surface area contributed by atoms with Crippen molar-refractivity contribution in [2.45, 2.75) is 329 Å². The van der Waals surface area contributed by atoms with Gasteiger partial charge in [0, 0.05) is 19.3 Å². The monoisotopic (exact) mass is 929 g/mol. The van der Waals surface area contributed by atoms with Crippen LogP contribution in [0.3, 0.4) is 0 Å². The molecule has 0 heterocycles. The fraction of sp³-hybridized carbons (Fsp3) is 0.883. The third kappa shape index (κ3) is 52.9. The first-order chi connectivity index (χ1) is 32.5. The van der Waals surface area contributed by atoms with E-state index in [-0.39, 0.29) is 31.1 Å². The molecule has 0 spiro atoms. The lowest BCUT2D eigenvalue weighted by Crippen LogP contribution is -2.30. The molecule has 0 aliphatic carbocycles. The van der Waals surface area contributed by atoms with Crippen molar-refractivity contribution in [3.8, 4) is 0 Å². The van der Waals surface area contributed by atoms with Crippen molar-refractivity contribution < 1.29 is 28.6 Å². The molecule has 0 radical (unpaired) electrons. The van der Waals surface area contributed by atoms with Crippen molar-refractivity contribution in [1.82, 2.24) is 0 Å². The summed E-state index contributed by atoms with van der Waals surface area (Å²) in [6.45, 7) is 6.67. The maximum Gasteiger partial charge on any atom is 0.306 e. The Hall–Kier alpha value is -2.11. The van der Waals surface area contributed by atoms with Crippen LogP contribution in [0.5, 0.6) is 0 Å². The zero-order valence-corrected chi connectivity index (χ0v) is 44.5. The van der Waals surface area contributed by atoms with Gasteiger partial charge in [-0.25, -0.2) is 0 Å². The van der Waals surface area contributed by atoms with E-state index in [2.05, 4.69) is 45.1 Å². The molecule has 0 aromatic rings. The van der Waals surface area contributed by atoms with Crippen molar-refractivity contribution in [1.29, 1.82) is 0 Å². The summed E-state index contributed by atoms with van der Waals surface area (Å²) in [5, 5.41) is 0. The predicted molar refractivity (Wildman–Crippen MR) is 284 cm³/mol. The van der Waals surface area contributed by atoms with Crippen LogP contribution in [0.4, 0.5) is 0 Å². The van der Waals surface area contributed by atoms with Crippen LogP contribution >= 0.6 is 0 Å². The number of unbranched alkanes of at least 4 members (excludes halogenated alkanes) is 39. The summed E-state index contributed by atoms with van der Waals surface area (Å²) in [5.41, 5.74) is 0. The first kappa shape index (κ1) is 63.9. The van der Waals surface area contributed by atoms with Crippen molar-refractivity contribution in [3.05, 3.63) is 24.3 Å². The van der Waals surface area contributed by atoms with Crippen LogP contribution in [0.25, 0.3) is 0 Å². The zero-order valence-electron chi connectivity index (χ0n) is 44.5. The summed E-state index contributed by atoms with van der Waals surface area (Å²) in [7, 11) is 0. The fourth-order valence-electron chi connectivity index (χ4n) is 8.73. The van der Waals surface area contributed by atoms with Crippen LogP contribution in [0.15, 0.2) is 24.3 Å². The first-order valence-corrected chi connectivity index (χ1v) is 29.3. The molecular weight excluding hydrogens is 817 g/mol. The Balaban J connectivity index is 4.34. The number of rotatable bonds is 54. The van der Waals surface area contributed by atoms with Crippen molar-refractivity contribution in [3.63, 3.8) is 0 Å². The lowest BCUT2D eigenvalue weighted by Gasteiger charge is -2.18. The Kier molecular flexibility index (Phi) is 53.7. The van der Waals surface area contributed by atoms with E-state index in [0.717, 1.165) is 64.2 Å². The number of carbonyl (C=O) groups is 3. The van der Waals surface area contributed by atoms with E-state index >= 15 is 0 Å². The molecule has 6 nitrogen and oxygen atoms in total. The molecule has 0 aliphatic heterocycles. The van der Waals surface area contributed by atoms with Gasteiger partial charge in [0.1, 0.15) is 13.2 Å². The summed E-state index contributed by atoms with van der Waals surface area (Å²) in [5.74, 6) is -0.864. The van der Waals surface area contributed by atoms with Crippen LogP contribution < -0.4 is 0 Å². The van der Waals surface area contributed by atoms with Crippen LogP contribution in [-0.4, -0.2) is 37.2 Å². The molecule has 66 heavy (non-hydrogen) atoms. The summed E-state index contributed by atoms with van der Waals surface area (Å²) >= 11 is 0. The summed E-state index contributed by atoms with van der Waals surface area (Å²) in [6.07, 6.45) is 64.5. The zero-order chi connectivity index (χ0) is 47.9. The normalized spacial score (nSPS) is 12.1. The predicted octanol–water partition coefficient (Wildman–Crippen LogP) is 19.5. The SMILES string of the molecule is CCCCCCCCC/C=C\CCCCCCCCCC(=O)OCC(COC(=O)CCCCCCCCCCCCCCCC)OC(=O)CCCCCCC/C=C\CCCCCCCCC. The Morgan fingerprint density at radius 3 is 0.758 bits per heavy atom. The van der Waals surface area contributed by atoms with Gasteiger partial charge in [0.2, 0.25) is 0 Å². The average Bonchev–Trinajstić information content (AvgIpc) is 3.31. The van der Waals surface area contributed by atoms with E-state index in [1.807, 2.05) is 0 Å². The van der Waals surface area contributed by atoms with E-state index < -0.39 is 6.10 Å². The summed E-state index contributed by atoms with van der Waals surface area (Å²) in [4.78, 5) is 38.1. The van der Waals surface area contributed by atoms with E-state index in [1.165, 1.54) is 218 Å². The second-order valence-electron chi connectivity index (χ2n) is 19.9. The van der Waals surface area contributed by atoms with Gasteiger partial charge < -0.3 is 14.2 Å². The van der Waals surface area contributed by atoms with E-state index in [4.69, 9.17) is 14.2 Å². The minimum Gasteiger partial charge on any atom is -0.462 e. The first-order valence-electron chi connectivity index (χ1n) is 29.3. The van der Waals surface area contributed by atoms with Crippen LogP contribution in [0, 0.1) is 0 Å². The highest BCUT2D eigenvalue weighted by atomic mass is 16.6. The highest BCUT2D eigenvalue weighted by Crippen LogP contribution is 2.16. The second kappa shape index (κ2) is 55.5. The number of carbonyl (C=O) groups excluding carboxylic acids is 3. The topological polar surface area (TPSA) is 78.9 Å². The van der Waals surface area contributed by atoms with Crippen molar-refractivity contribution in [2.24, 2.45) is 0 Å². The van der Waals surface area contributed by atoms with Gasteiger partial charge in [0.15, 0.2) is 6.10 Å². The van der Waals surface area contributed by atoms with Gasteiger partial charge in [0.25, 0.3) is 0 Å². The van der Waals surface area contributed by atoms with Crippen LogP contribution in [0.1, 0.15) is 323 Å². The number of hydrogen-bond acceptors (Lipinski definition) is 6. The Morgan fingerprint density at radius 2 is 0.500 bits per heavy atom. The van der Waals surface area contributed by atoms with Crippen LogP contribution in [-0.2, 0) is 28.6 Å². The summed E-state index contributed by atoms with van der Waals surface area (Å²) in [6, 6.07) is 0. The minimum absolute atomic E-state index is 0.0715. The van der Waals surface area contributed by atoms with Gasteiger partial charge in [-0.15, -0.1) is 0 Å². The Labute approximate surface area is 411 Å². The number of allylic oxidation sites excluding steroid dienone is 4. The van der Waals surface area contributed by atoms with Gasteiger partial charge in [-0.2, -0.15) is 0 Å². The minimum atomic E-state index is -0.773. The molecule has 0 saturated heterocycles. The molecule has 0 amide bonds. The molecule has 0 aromatic carbocycles. The molecule has 1 unspecified atom stereocenters. The highest BCUT2D eigenvalue weighted by Gasteiger charge is 2.19. The molecule has 6 heteroatoms. The quantitative estimate of drug-likeness (QED) is 0.0262. The lowest BCUT2D eigenvalue weighted by atomic mass is 10.0. The summed E-state index contributed by atoms with van der Waals surface area (Å²) < 4.78 is 16.9. The number of ether oxygens (including phenoxy) is 3. The van der Waals surface area contributed by atoms with Crippen LogP contribution in [0.2, 0.25) is 0 Å². The molecule has 1 atom stereocenters. The van der Waals surface area contributed by atoms with E-state index in [1.54, 1.807) is 0 Å². The number of esters is 3. The molecule has 0 N–H and O–H groups in total. The molecule has 0 rings (SSSR count). The van der Waals surface area contributed by atoms with Crippen molar-refractivity contribution in [2.75, 3.05) is 13.2 Å². The fourth-order valence-corrected chi connectivity index (χ4v) is 8.73. The molecular formula is C60H112O6. The van der Waals surface area contributed by atoms with Gasteiger partial charge in [-0.3, -0.25) is 14.4 Å². The molecule has 0 aliphatic rings. The number of hydrogen-bond donors (Lipinski definition) is 0. The molecule has 0 saturated carbocycles. The van der Waals surface area contributed by atoms with E-state index in [0.29, 0.717) is 19.3 Å². The van der Waals surface area contributed by atoms with Gasteiger partial charge in [0.05, 0.1) is 0 Å². The van der Waals surface area contributed by atoms with Gasteiger partial charge in [-0.1, -0.05) is 257 Å².